The summed E-state index contributed by atoms with van der Waals surface area (Å²) >= 11 is 6.06. The third kappa shape index (κ3) is 3.79. The van der Waals surface area contributed by atoms with E-state index in [1.54, 1.807) is 25.6 Å². The Hall–Kier alpha value is -2.27. The van der Waals surface area contributed by atoms with Gasteiger partial charge in [-0.25, -0.2) is 0 Å². The third-order valence-corrected chi connectivity index (χ3v) is 4.34. The summed E-state index contributed by atoms with van der Waals surface area (Å²) in [6.45, 7) is 1.24. The Kier molecular flexibility index (Phi) is 5.20. The second kappa shape index (κ2) is 7.53. The predicted molar refractivity (Wildman–Crippen MR) is 91.6 cm³/mol. The fourth-order valence-electron chi connectivity index (χ4n) is 2.81. The van der Waals surface area contributed by atoms with Crippen LogP contribution in [0.2, 0.25) is 5.02 Å². The van der Waals surface area contributed by atoms with Gasteiger partial charge in [0.2, 0.25) is 5.91 Å². The molecule has 6 heteroatoms. The molecule has 1 saturated heterocycles. The first-order chi connectivity index (χ1) is 11.7. The number of carbonyl (C=O) groups excluding carboxylic acids is 1. The number of amides is 1. The Labute approximate surface area is 146 Å². The molecule has 1 fully saturated rings. The van der Waals surface area contributed by atoms with Crippen LogP contribution in [0, 0.1) is 0 Å². The van der Waals surface area contributed by atoms with E-state index in [0.29, 0.717) is 30.3 Å². The number of nitrogens with zero attached hydrogens (tertiary/aromatic N) is 2. The summed E-state index contributed by atoms with van der Waals surface area (Å²) < 4.78 is 11.2. The molecule has 3 rings (SSSR count). The molecule has 126 valence electrons. The van der Waals surface area contributed by atoms with E-state index >= 15 is 0 Å². The van der Waals surface area contributed by atoms with Gasteiger partial charge in [0.1, 0.15) is 22.6 Å². The number of halogens is 1. The van der Waals surface area contributed by atoms with Gasteiger partial charge in [0.15, 0.2) is 0 Å². The number of rotatable bonds is 5. The molecule has 0 bridgehead atoms. The molecule has 0 aliphatic carbocycles. The zero-order valence-electron chi connectivity index (χ0n) is 13.4. The Bertz CT molecular complexity index is 723. The lowest BCUT2D eigenvalue weighted by molar-refractivity contribution is -0.129. The van der Waals surface area contributed by atoms with Crippen molar-refractivity contribution in [1.29, 1.82) is 0 Å². The highest BCUT2D eigenvalue weighted by molar-refractivity contribution is 6.31. The summed E-state index contributed by atoms with van der Waals surface area (Å²) in [7, 11) is 1.61. The van der Waals surface area contributed by atoms with Crippen LogP contribution in [0.4, 0.5) is 0 Å². The highest BCUT2D eigenvalue weighted by atomic mass is 35.5. The van der Waals surface area contributed by atoms with Crippen molar-refractivity contribution in [2.24, 2.45) is 0 Å². The summed E-state index contributed by atoms with van der Waals surface area (Å²) in [5.74, 6) is 1.42. The lowest BCUT2D eigenvalue weighted by atomic mass is 10.1. The molecule has 1 atom stereocenters. The number of hydrogen-bond acceptors (Lipinski definition) is 4. The largest absolute Gasteiger partial charge is 0.496 e. The summed E-state index contributed by atoms with van der Waals surface area (Å²) in [4.78, 5) is 18.3. The molecule has 5 nitrogen and oxygen atoms in total. The van der Waals surface area contributed by atoms with Gasteiger partial charge in [0, 0.05) is 37.0 Å². The van der Waals surface area contributed by atoms with E-state index in [1.165, 1.54) is 0 Å². The Balaban J connectivity index is 1.59. The van der Waals surface area contributed by atoms with Crippen molar-refractivity contribution >= 4 is 17.5 Å². The molecule has 0 radical (unpaired) electrons. The molecule has 1 amide bonds. The number of benzene rings is 1. The van der Waals surface area contributed by atoms with Gasteiger partial charge >= 0.3 is 0 Å². The van der Waals surface area contributed by atoms with Crippen LogP contribution in [-0.2, 0) is 11.2 Å². The highest BCUT2D eigenvalue weighted by Gasteiger charge is 2.28. The SMILES string of the molecule is COc1ccccc1CC(=O)N1CCC(Oc2ccncc2Cl)C1. The van der Waals surface area contributed by atoms with E-state index in [-0.39, 0.29) is 12.0 Å². The summed E-state index contributed by atoms with van der Waals surface area (Å²) in [5, 5.41) is 0.483. The quantitative estimate of drug-likeness (QED) is 0.835. The van der Waals surface area contributed by atoms with Crippen molar-refractivity contribution < 1.29 is 14.3 Å². The molecule has 0 saturated carbocycles. The maximum absolute atomic E-state index is 12.5. The van der Waals surface area contributed by atoms with Crippen LogP contribution in [0.15, 0.2) is 42.7 Å². The van der Waals surface area contributed by atoms with Gasteiger partial charge in [-0.3, -0.25) is 9.78 Å². The number of likely N-dealkylation sites (tertiary alicyclic amines) is 1. The average molecular weight is 347 g/mol. The van der Waals surface area contributed by atoms with Gasteiger partial charge < -0.3 is 14.4 Å². The third-order valence-electron chi connectivity index (χ3n) is 4.06. The number of aromatic nitrogens is 1. The van der Waals surface area contributed by atoms with Crippen LogP contribution in [-0.4, -0.2) is 42.1 Å². The van der Waals surface area contributed by atoms with Gasteiger partial charge in [-0.1, -0.05) is 29.8 Å². The molecule has 24 heavy (non-hydrogen) atoms. The topological polar surface area (TPSA) is 51.7 Å². The normalized spacial score (nSPS) is 16.9. The van der Waals surface area contributed by atoms with Crippen LogP contribution in [0.3, 0.4) is 0 Å². The molecule has 1 aromatic carbocycles. The summed E-state index contributed by atoms with van der Waals surface area (Å²) in [6, 6.07) is 9.32. The van der Waals surface area contributed by atoms with Crippen LogP contribution < -0.4 is 9.47 Å². The van der Waals surface area contributed by atoms with Crippen molar-refractivity contribution in [3.05, 3.63) is 53.3 Å². The molecular formula is C18H19ClN2O3. The van der Waals surface area contributed by atoms with Gasteiger partial charge in [0.05, 0.1) is 20.1 Å². The van der Waals surface area contributed by atoms with Crippen molar-refractivity contribution in [3.8, 4) is 11.5 Å². The van der Waals surface area contributed by atoms with Crippen LogP contribution >= 0.6 is 11.6 Å². The highest BCUT2D eigenvalue weighted by Crippen LogP contribution is 2.26. The molecule has 1 aliphatic rings. The van der Waals surface area contributed by atoms with Gasteiger partial charge in [-0.15, -0.1) is 0 Å². The average Bonchev–Trinajstić information content (AvgIpc) is 3.06. The predicted octanol–water partition coefficient (Wildman–Crippen LogP) is 2.97. The molecular weight excluding hydrogens is 328 g/mol. The minimum atomic E-state index is -0.0495. The smallest absolute Gasteiger partial charge is 0.227 e. The standard InChI is InChI=1S/C18H19ClN2O3/c1-23-16-5-3-2-4-13(16)10-18(22)21-9-7-14(12-21)24-17-6-8-20-11-15(17)19/h2-6,8,11,14H,7,9-10,12H2,1H3. The fraction of sp³-hybridized carbons (Fsp3) is 0.333. The number of para-hydroxylation sites is 1. The van der Waals surface area contributed by atoms with Crippen LogP contribution in [0.1, 0.15) is 12.0 Å². The van der Waals surface area contributed by atoms with Crippen molar-refractivity contribution in [1.82, 2.24) is 9.88 Å². The van der Waals surface area contributed by atoms with Crippen molar-refractivity contribution in [2.75, 3.05) is 20.2 Å². The molecule has 0 spiro atoms. The number of ether oxygens (including phenoxy) is 2. The zero-order valence-corrected chi connectivity index (χ0v) is 14.2. The zero-order chi connectivity index (χ0) is 16.9. The number of methoxy groups -OCH3 is 1. The Morgan fingerprint density at radius 3 is 2.96 bits per heavy atom. The number of carbonyl (C=O) groups is 1. The number of pyridine rings is 1. The van der Waals surface area contributed by atoms with Gasteiger partial charge in [-0.05, 0) is 6.07 Å². The molecule has 1 aliphatic heterocycles. The summed E-state index contributed by atoms with van der Waals surface area (Å²) in [5.41, 5.74) is 0.895. The van der Waals surface area contributed by atoms with E-state index < -0.39 is 0 Å². The minimum absolute atomic E-state index is 0.0495. The van der Waals surface area contributed by atoms with Crippen molar-refractivity contribution in [3.63, 3.8) is 0 Å². The van der Waals surface area contributed by atoms with E-state index in [0.717, 1.165) is 17.7 Å². The first-order valence-corrected chi connectivity index (χ1v) is 8.21. The number of hydrogen-bond donors (Lipinski definition) is 0. The molecule has 2 heterocycles. The van der Waals surface area contributed by atoms with E-state index in [1.807, 2.05) is 29.2 Å². The second-order valence-corrected chi connectivity index (χ2v) is 6.07. The lowest BCUT2D eigenvalue weighted by Crippen LogP contribution is -2.32. The van der Waals surface area contributed by atoms with E-state index in [9.17, 15) is 4.79 Å². The Morgan fingerprint density at radius 1 is 1.33 bits per heavy atom. The van der Waals surface area contributed by atoms with E-state index in [4.69, 9.17) is 21.1 Å². The monoisotopic (exact) mass is 346 g/mol. The maximum Gasteiger partial charge on any atom is 0.227 e. The second-order valence-electron chi connectivity index (χ2n) is 5.66. The van der Waals surface area contributed by atoms with Crippen molar-refractivity contribution in [2.45, 2.75) is 18.9 Å². The fourth-order valence-corrected chi connectivity index (χ4v) is 2.98. The van der Waals surface area contributed by atoms with E-state index in [2.05, 4.69) is 4.98 Å². The minimum Gasteiger partial charge on any atom is -0.496 e. The molecule has 2 aromatic rings. The molecule has 1 aromatic heterocycles. The summed E-state index contributed by atoms with van der Waals surface area (Å²) in [6.07, 6.45) is 4.26. The van der Waals surface area contributed by atoms with Gasteiger partial charge in [-0.2, -0.15) is 0 Å². The first-order valence-electron chi connectivity index (χ1n) is 7.83. The maximum atomic E-state index is 12.5. The molecule has 1 unspecified atom stereocenters. The Morgan fingerprint density at radius 2 is 2.17 bits per heavy atom. The van der Waals surface area contributed by atoms with Crippen LogP contribution in [0.5, 0.6) is 11.5 Å². The first kappa shape index (κ1) is 16.6. The van der Waals surface area contributed by atoms with Crippen LogP contribution in [0.25, 0.3) is 0 Å². The van der Waals surface area contributed by atoms with Gasteiger partial charge in [0.25, 0.3) is 0 Å². The lowest BCUT2D eigenvalue weighted by Gasteiger charge is -2.18. The molecule has 0 N–H and O–H groups in total.